The van der Waals surface area contributed by atoms with Gasteiger partial charge < -0.3 is 20.1 Å². The summed E-state index contributed by atoms with van der Waals surface area (Å²) in [4.78, 5) is 8.72. The van der Waals surface area contributed by atoms with Crippen LogP contribution in [0, 0.1) is 0 Å². The summed E-state index contributed by atoms with van der Waals surface area (Å²) in [6.07, 6.45) is 3.67. The molecule has 2 N–H and O–H groups in total. The molecule has 2 heterocycles. The highest BCUT2D eigenvalue weighted by molar-refractivity contribution is 14.0. The number of benzene rings is 2. The highest BCUT2D eigenvalue weighted by Crippen LogP contribution is 2.25. The van der Waals surface area contributed by atoms with Crippen molar-refractivity contribution in [2.24, 2.45) is 4.99 Å². The third-order valence-electron chi connectivity index (χ3n) is 5.20. The SMILES string of the molecule is CN=C(NCCc1ccc2c(c1)CCO2)NCc1cccnc1OCc1ccccc1.I. The Morgan fingerprint density at radius 1 is 1.06 bits per heavy atom. The zero-order chi connectivity index (χ0) is 21.3. The molecule has 0 atom stereocenters. The van der Waals surface area contributed by atoms with Crippen molar-refractivity contribution in [3.05, 3.63) is 89.1 Å². The number of nitrogens with one attached hydrogen (secondary N) is 2. The van der Waals surface area contributed by atoms with Crippen molar-refractivity contribution in [2.45, 2.75) is 26.0 Å². The largest absolute Gasteiger partial charge is 0.493 e. The maximum absolute atomic E-state index is 5.94. The lowest BCUT2D eigenvalue weighted by Crippen LogP contribution is -2.38. The van der Waals surface area contributed by atoms with Gasteiger partial charge in [0.1, 0.15) is 12.4 Å². The average Bonchev–Trinajstić information content (AvgIpc) is 3.29. The summed E-state index contributed by atoms with van der Waals surface area (Å²) < 4.78 is 11.5. The second-order valence-corrected chi connectivity index (χ2v) is 7.39. The molecule has 0 saturated heterocycles. The van der Waals surface area contributed by atoms with Gasteiger partial charge in [0.2, 0.25) is 5.88 Å². The minimum Gasteiger partial charge on any atom is -0.493 e. The van der Waals surface area contributed by atoms with E-state index in [1.165, 1.54) is 11.1 Å². The second-order valence-electron chi connectivity index (χ2n) is 7.39. The van der Waals surface area contributed by atoms with E-state index in [1.807, 2.05) is 42.5 Å². The van der Waals surface area contributed by atoms with Crippen molar-refractivity contribution >= 4 is 29.9 Å². The van der Waals surface area contributed by atoms with Gasteiger partial charge in [-0.25, -0.2) is 4.98 Å². The minimum absolute atomic E-state index is 0. The number of hydrogen-bond acceptors (Lipinski definition) is 4. The van der Waals surface area contributed by atoms with Gasteiger partial charge in [-0.3, -0.25) is 4.99 Å². The van der Waals surface area contributed by atoms with Crippen molar-refractivity contribution in [1.29, 1.82) is 0 Å². The Balaban J connectivity index is 0.00000289. The zero-order valence-corrected chi connectivity index (χ0v) is 20.5. The Morgan fingerprint density at radius 3 is 2.78 bits per heavy atom. The predicted octanol–water partition coefficient (Wildman–Crippen LogP) is 4.12. The number of rotatable bonds is 8. The van der Waals surface area contributed by atoms with Crippen LogP contribution in [0.25, 0.3) is 0 Å². The number of nitrogens with zero attached hydrogens (tertiary/aromatic N) is 2. The fourth-order valence-corrected chi connectivity index (χ4v) is 3.53. The molecule has 1 aromatic heterocycles. The van der Waals surface area contributed by atoms with Crippen molar-refractivity contribution in [2.75, 3.05) is 20.2 Å². The normalized spacial score (nSPS) is 12.3. The van der Waals surface area contributed by atoms with Gasteiger partial charge >= 0.3 is 0 Å². The lowest BCUT2D eigenvalue weighted by atomic mass is 10.1. The summed E-state index contributed by atoms with van der Waals surface area (Å²) in [6, 6.07) is 20.5. The van der Waals surface area contributed by atoms with Crippen LogP contribution in [0.2, 0.25) is 0 Å². The highest BCUT2D eigenvalue weighted by Gasteiger charge is 2.12. The summed E-state index contributed by atoms with van der Waals surface area (Å²) in [5, 5.41) is 6.73. The lowest BCUT2D eigenvalue weighted by Gasteiger charge is -2.14. The molecule has 0 amide bonds. The van der Waals surface area contributed by atoms with Crippen LogP contribution in [-0.4, -0.2) is 31.1 Å². The number of aliphatic imine (C=N–C) groups is 1. The van der Waals surface area contributed by atoms with Crippen LogP contribution in [0.1, 0.15) is 22.3 Å². The first-order valence-electron chi connectivity index (χ1n) is 10.6. The Labute approximate surface area is 206 Å². The Morgan fingerprint density at radius 2 is 1.94 bits per heavy atom. The second kappa shape index (κ2) is 12.3. The van der Waals surface area contributed by atoms with Crippen LogP contribution in [0.5, 0.6) is 11.6 Å². The van der Waals surface area contributed by atoms with Gasteiger partial charge in [-0.15, -0.1) is 24.0 Å². The van der Waals surface area contributed by atoms with E-state index in [9.17, 15) is 0 Å². The van der Waals surface area contributed by atoms with Crippen LogP contribution in [0.15, 0.2) is 71.9 Å². The van der Waals surface area contributed by atoms with E-state index in [0.717, 1.165) is 48.8 Å². The molecular weight excluding hydrogens is 515 g/mol. The molecule has 4 rings (SSSR count). The molecule has 32 heavy (non-hydrogen) atoms. The number of fused-ring (bicyclic) bond motifs is 1. The number of aromatic nitrogens is 1. The van der Waals surface area contributed by atoms with E-state index in [0.29, 0.717) is 19.0 Å². The first-order valence-corrected chi connectivity index (χ1v) is 10.6. The summed E-state index contributed by atoms with van der Waals surface area (Å²) in [6.45, 7) is 2.65. The molecule has 0 unspecified atom stereocenters. The molecule has 0 aliphatic carbocycles. The minimum atomic E-state index is 0. The first-order chi connectivity index (χ1) is 15.3. The van der Waals surface area contributed by atoms with Gasteiger partial charge in [0.15, 0.2) is 5.96 Å². The Bertz CT molecular complexity index is 1030. The molecule has 0 bridgehead atoms. The summed E-state index contributed by atoms with van der Waals surface area (Å²) >= 11 is 0. The fraction of sp³-hybridized carbons (Fsp3) is 0.280. The van der Waals surface area contributed by atoms with Crippen LogP contribution >= 0.6 is 24.0 Å². The predicted molar refractivity (Wildman–Crippen MR) is 138 cm³/mol. The molecule has 3 aromatic rings. The smallest absolute Gasteiger partial charge is 0.218 e. The maximum Gasteiger partial charge on any atom is 0.218 e. The third-order valence-corrected chi connectivity index (χ3v) is 5.20. The topological polar surface area (TPSA) is 67.8 Å². The van der Waals surface area contributed by atoms with E-state index in [-0.39, 0.29) is 24.0 Å². The number of ether oxygens (including phenoxy) is 2. The summed E-state index contributed by atoms with van der Waals surface area (Å²) in [5.41, 5.74) is 4.71. The van der Waals surface area contributed by atoms with Gasteiger partial charge in [-0.05, 0) is 35.2 Å². The van der Waals surface area contributed by atoms with Gasteiger partial charge in [0.25, 0.3) is 0 Å². The molecule has 6 nitrogen and oxygen atoms in total. The molecule has 7 heteroatoms. The number of halogens is 1. The molecule has 0 fully saturated rings. The zero-order valence-electron chi connectivity index (χ0n) is 18.2. The van der Waals surface area contributed by atoms with Crippen molar-refractivity contribution in [3.63, 3.8) is 0 Å². The maximum atomic E-state index is 5.94. The van der Waals surface area contributed by atoms with Crippen LogP contribution in [-0.2, 0) is 26.0 Å². The molecule has 1 aliphatic heterocycles. The Kier molecular flexibility index (Phi) is 9.15. The molecule has 1 aliphatic rings. The summed E-state index contributed by atoms with van der Waals surface area (Å²) in [7, 11) is 1.78. The van der Waals surface area contributed by atoms with Crippen LogP contribution < -0.4 is 20.1 Å². The van der Waals surface area contributed by atoms with Crippen LogP contribution in [0.3, 0.4) is 0 Å². The standard InChI is InChI=1S/C25H28N4O2.HI/c1-26-25(28-14-11-19-9-10-23-21(16-19)12-15-30-23)29-17-22-8-5-13-27-24(22)31-18-20-6-3-2-4-7-20;/h2-10,13,16H,11-12,14-15,17-18H2,1H3,(H2,26,28,29);1H. The monoisotopic (exact) mass is 544 g/mol. The lowest BCUT2D eigenvalue weighted by molar-refractivity contribution is 0.290. The van der Waals surface area contributed by atoms with Crippen molar-refractivity contribution in [1.82, 2.24) is 15.6 Å². The number of hydrogen-bond donors (Lipinski definition) is 2. The quantitative estimate of drug-likeness (QED) is 0.254. The van der Waals surface area contributed by atoms with E-state index < -0.39 is 0 Å². The van der Waals surface area contributed by atoms with Gasteiger partial charge in [-0.2, -0.15) is 0 Å². The fourth-order valence-electron chi connectivity index (χ4n) is 3.53. The van der Waals surface area contributed by atoms with Gasteiger partial charge in [0.05, 0.1) is 6.61 Å². The van der Waals surface area contributed by atoms with Gasteiger partial charge in [-0.1, -0.05) is 48.5 Å². The molecule has 2 aromatic carbocycles. The first kappa shape index (κ1) is 23.8. The van der Waals surface area contributed by atoms with Crippen molar-refractivity contribution in [3.8, 4) is 11.6 Å². The number of guanidine groups is 1. The summed E-state index contributed by atoms with van der Waals surface area (Å²) in [5.74, 6) is 2.41. The van der Waals surface area contributed by atoms with Gasteiger partial charge in [0, 0.05) is 38.3 Å². The molecule has 0 spiro atoms. The molecule has 168 valence electrons. The average molecular weight is 544 g/mol. The molecule has 0 radical (unpaired) electrons. The number of pyridine rings is 1. The van der Waals surface area contributed by atoms with Crippen LogP contribution in [0.4, 0.5) is 0 Å². The van der Waals surface area contributed by atoms with E-state index in [2.05, 4.69) is 38.8 Å². The molecular formula is C25H29IN4O2. The van der Waals surface area contributed by atoms with E-state index in [1.54, 1.807) is 13.2 Å². The Hall–Kier alpha value is -2.81. The highest BCUT2D eigenvalue weighted by atomic mass is 127. The van der Waals surface area contributed by atoms with E-state index in [4.69, 9.17) is 9.47 Å². The third kappa shape index (κ3) is 6.59. The molecule has 0 saturated carbocycles. The van der Waals surface area contributed by atoms with Crippen molar-refractivity contribution < 1.29 is 9.47 Å². The van der Waals surface area contributed by atoms with E-state index >= 15 is 0 Å².